The standard InChI is InChI=1S/C20H32N4O/c1-7-11-23(12-8-2)16-9-10-18-17(13-16)19(20(25)22(5)6)21-24(18)14-15(3)4/h7-8,15-16H,1-2,9-14H2,3-6H3/t16-/m0/s1. The van der Waals surface area contributed by atoms with Crippen LogP contribution in [-0.2, 0) is 19.4 Å². The Morgan fingerprint density at radius 3 is 2.48 bits per heavy atom. The van der Waals surface area contributed by atoms with Crippen LogP contribution in [0.5, 0.6) is 0 Å². The maximum Gasteiger partial charge on any atom is 0.274 e. The number of hydrogen-bond donors (Lipinski definition) is 0. The summed E-state index contributed by atoms with van der Waals surface area (Å²) in [6.45, 7) is 14.6. The average molecular weight is 345 g/mol. The highest BCUT2D eigenvalue weighted by Crippen LogP contribution is 2.28. The summed E-state index contributed by atoms with van der Waals surface area (Å²) in [7, 11) is 3.58. The second-order valence-corrected chi connectivity index (χ2v) is 7.48. The summed E-state index contributed by atoms with van der Waals surface area (Å²) < 4.78 is 2.07. The lowest BCUT2D eigenvalue weighted by Gasteiger charge is -2.33. The Morgan fingerprint density at radius 1 is 1.32 bits per heavy atom. The van der Waals surface area contributed by atoms with Gasteiger partial charge in [0.2, 0.25) is 0 Å². The van der Waals surface area contributed by atoms with E-state index in [9.17, 15) is 4.79 Å². The molecule has 2 rings (SSSR count). The molecule has 0 saturated carbocycles. The van der Waals surface area contributed by atoms with E-state index in [0.29, 0.717) is 17.7 Å². The molecule has 0 spiro atoms. The number of amides is 1. The van der Waals surface area contributed by atoms with Crippen molar-refractivity contribution >= 4 is 5.91 Å². The smallest absolute Gasteiger partial charge is 0.274 e. The van der Waals surface area contributed by atoms with Crippen LogP contribution in [0.25, 0.3) is 0 Å². The summed E-state index contributed by atoms with van der Waals surface area (Å²) in [6, 6.07) is 0.397. The molecule has 0 unspecified atom stereocenters. The van der Waals surface area contributed by atoms with Gasteiger partial charge >= 0.3 is 0 Å². The van der Waals surface area contributed by atoms with Crippen LogP contribution in [-0.4, -0.2) is 58.7 Å². The van der Waals surface area contributed by atoms with Crippen molar-refractivity contribution in [1.29, 1.82) is 0 Å². The molecule has 0 radical (unpaired) electrons. The van der Waals surface area contributed by atoms with Gasteiger partial charge < -0.3 is 4.90 Å². The molecule has 1 aliphatic rings. The van der Waals surface area contributed by atoms with Crippen LogP contribution in [0.2, 0.25) is 0 Å². The number of carbonyl (C=O) groups is 1. The highest BCUT2D eigenvalue weighted by molar-refractivity contribution is 5.93. The highest BCUT2D eigenvalue weighted by atomic mass is 16.2. The predicted octanol–water partition coefficient (Wildman–Crippen LogP) is 2.77. The maximum absolute atomic E-state index is 12.6. The largest absolute Gasteiger partial charge is 0.343 e. The first-order chi connectivity index (χ1) is 11.9. The molecule has 0 aliphatic heterocycles. The molecule has 0 bridgehead atoms. The van der Waals surface area contributed by atoms with Crippen LogP contribution in [0.3, 0.4) is 0 Å². The van der Waals surface area contributed by atoms with Gasteiger partial charge in [-0.3, -0.25) is 14.4 Å². The molecule has 25 heavy (non-hydrogen) atoms. The second-order valence-electron chi connectivity index (χ2n) is 7.48. The second kappa shape index (κ2) is 8.48. The third-order valence-corrected chi connectivity index (χ3v) is 4.71. The van der Waals surface area contributed by atoms with E-state index < -0.39 is 0 Å². The highest BCUT2D eigenvalue weighted by Gasteiger charge is 2.31. The Hall–Kier alpha value is -1.88. The van der Waals surface area contributed by atoms with Gasteiger partial charge in [0.1, 0.15) is 0 Å². The molecule has 0 fully saturated rings. The van der Waals surface area contributed by atoms with E-state index in [1.54, 1.807) is 19.0 Å². The molecule has 0 saturated heterocycles. The monoisotopic (exact) mass is 344 g/mol. The molecule has 0 aromatic carbocycles. The zero-order valence-electron chi connectivity index (χ0n) is 16.2. The van der Waals surface area contributed by atoms with Crippen molar-refractivity contribution in [2.75, 3.05) is 27.2 Å². The average Bonchev–Trinajstić information content (AvgIpc) is 2.91. The number of nitrogens with zero attached hydrogens (tertiary/aromatic N) is 4. The van der Waals surface area contributed by atoms with Gasteiger partial charge in [0.15, 0.2) is 5.69 Å². The summed E-state index contributed by atoms with van der Waals surface area (Å²) in [5.41, 5.74) is 3.00. The Morgan fingerprint density at radius 2 is 1.96 bits per heavy atom. The Bertz CT molecular complexity index is 620. The van der Waals surface area contributed by atoms with Gasteiger partial charge in [-0.2, -0.15) is 5.10 Å². The first-order valence-corrected chi connectivity index (χ1v) is 9.15. The number of hydrogen-bond acceptors (Lipinski definition) is 3. The molecule has 138 valence electrons. The van der Waals surface area contributed by atoms with Crippen LogP contribution in [0, 0.1) is 5.92 Å². The molecule has 1 aromatic rings. The Kier molecular flexibility index (Phi) is 6.59. The van der Waals surface area contributed by atoms with E-state index in [4.69, 9.17) is 5.10 Å². The normalized spacial score (nSPS) is 16.8. The minimum atomic E-state index is -0.00148. The van der Waals surface area contributed by atoms with Crippen molar-refractivity contribution in [3.63, 3.8) is 0 Å². The molecule has 1 atom stereocenters. The fraction of sp³-hybridized carbons (Fsp3) is 0.600. The molecule has 5 heteroatoms. The number of carbonyl (C=O) groups excluding carboxylic acids is 1. The van der Waals surface area contributed by atoms with Crippen molar-refractivity contribution in [2.24, 2.45) is 5.92 Å². The summed E-state index contributed by atoms with van der Waals surface area (Å²) >= 11 is 0. The molecular formula is C20H32N4O. The van der Waals surface area contributed by atoms with Crippen molar-refractivity contribution in [3.8, 4) is 0 Å². The van der Waals surface area contributed by atoms with Crippen molar-refractivity contribution in [1.82, 2.24) is 19.6 Å². The topological polar surface area (TPSA) is 41.4 Å². The molecule has 1 amide bonds. The molecule has 0 N–H and O–H groups in total. The van der Waals surface area contributed by atoms with Crippen LogP contribution >= 0.6 is 0 Å². The van der Waals surface area contributed by atoms with E-state index in [-0.39, 0.29) is 5.91 Å². The van der Waals surface area contributed by atoms with Crippen molar-refractivity contribution in [3.05, 3.63) is 42.3 Å². The zero-order chi connectivity index (χ0) is 18.6. The number of aromatic nitrogens is 2. The Labute approximate surface area is 152 Å². The van der Waals surface area contributed by atoms with E-state index in [1.165, 1.54) is 5.69 Å². The molecule has 1 heterocycles. The summed E-state index contributed by atoms with van der Waals surface area (Å²) in [4.78, 5) is 16.7. The minimum absolute atomic E-state index is 0.00148. The van der Waals surface area contributed by atoms with Crippen LogP contribution in [0.1, 0.15) is 42.0 Å². The van der Waals surface area contributed by atoms with Gasteiger partial charge in [0.05, 0.1) is 0 Å². The van der Waals surface area contributed by atoms with E-state index >= 15 is 0 Å². The van der Waals surface area contributed by atoms with E-state index in [1.807, 2.05) is 12.2 Å². The Balaban J connectivity index is 2.37. The summed E-state index contributed by atoms with van der Waals surface area (Å²) in [5, 5.41) is 4.71. The first-order valence-electron chi connectivity index (χ1n) is 9.15. The SMILES string of the molecule is C=CCN(CC=C)[C@H]1CCc2c(c(C(=O)N(C)C)nn2CC(C)C)C1. The lowest BCUT2D eigenvalue weighted by Crippen LogP contribution is -2.40. The fourth-order valence-corrected chi connectivity index (χ4v) is 3.57. The van der Waals surface area contributed by atoms with Gasteiger partial charge in [-0.15, -0.1) is 13.2 Å². The first kappa shape index (κ1) is 19.4. The number of fused-ring (bicyclic) bond motifs is 1. The number of rotatable bonds is 8. The van der Waals surface area contributed by atoms with E-state index in [2.05, 4.69) is 36.6 Å². The van der Waals surface area contributed by atoms with Crippen molar-refractivity contribution < 1.29 is 4.79 Å². The van der Waals surface area contributed by atoms with Crippen LogP contribution in [0.15, 0.2) is 25.3 Å². The van der Waals surface area contributed by atoms with Gasteiger partial charge in [0, 0.05) is 51.0 Å². The summed E-state index contributed by atoms with van der Waals surface area (Å²) in [5.74, 6) is 0.500. The summed E-state index contributed by atoms with van der Waals surface area (Å²) in [6.07, 6.45) is 6.78. The molecule has 1 aromatic heterocycles. The maximum atomic E-state index is 12.6. The van der Waals surface area contributed by atoms with E-state index in [0.717, 1.165) is 44.5 Å². The predicted molar refractivity (Wildman–Crippen MR) is 103 cm³/mol. The van der Waals surface area contributed by atoms with Gasteiger partial charge in [-0.1, -0.05) is 26.0 Å². The fourth-order valence-electron chi connectivity index (χ4n) is 3.57. The third kappa shape index (κ3) is 4.40. The molecule has 1 aliphatic carbocycles. The zero-order valence-corrected chi connectivity index (χ0v) is 16.2. The lowest BCUT2D eigenvalue weighted by atomic mass is 9.90. The van der Waals surface area contributed by atoms with Gasteiger partial charge in [-0.05, 0) is 25.2 Å². The van der Waals surface area contributed by atoms with Crippen LogP contribution in [0.4, 0.5) is 0 Å². The minimum Gasteiger partial charge on any atom is -0.343 e. The molecule has 5 nitrogen and oxygen atoms in total. The molecular weight excluding hydrogens is 312 g/mol. The quantitative estimate of drug-likeness (QED) is 0.681. The van der Waals surface area contributed by atoms with Gasteiger partial charge in [-0.25, -0.2) is 0 Å². The van der Waals surface area contributed by atoms with Crippen LogP contribution < -0.4 is 0 Å². The third-order valence-electron chi connectivity index (χ3n) is 4.71. The lowest BCUT2D eigenvalue weighted by molar-refractivity contribution is 0.0819. The van der Waals surface area contributed by atoms with Crippen molar-refractivity contribution in [2.45, 2.75) is 45.7 Å². The van der Waals surface area contributed by atoms with Gasteiger partial charge in [0.25, 0.3) is 5.91 Å².